The Balaban J connectivity index is 1.40. The standard InChI is InChI=1S/C21H18N4O4S/c1-21(2)28-18(26)15(19(27)29-21)11-23-13-6-8-14(9-7-13)24-20-25-17(12-30-20)16-5-3-4-10-22-16/h3-12,23H,1-2H3,(H,24,25). The number of benzene rings is 1. The lowest BCUT2D eigenvalue weighted by molar-refractivity contribution is -0.222. The van der Waals surface area contributed by atoms with Crippen LogP contribution in [0.5, 0.6) is 0 Å². The van der Waals surface area contributed by atoms with Gasteiger partial charge in [0.2, 0.25) is 0 Å². The third kappa shape index (κ3) is 4.47. The first-order valence-electron chi connectivity index (χ1n) is 9.07. The second kappa shape index (κ2) is 7.96. The first-order chi connectivity index (χ1) is 14.4. The summed E-state index contributed by atoms with van der Waals surface area (Å²) in [5.74, 6) is -2.71. The average Bonchev–Trinajstić information content (AvgIpc) is 3.17. The largest absolute Gasteiger partial charge is 0.419 e. The van der Waals surface area contributed by atoms with Gasteiger partial charge in [0.15, 0.2) is 10.7 Å². The van der Waals surface area contributed by atoms with Gasteiger partial charge in [-0.2, -0.15) is 0 Å². The van der Waals surface area contributed by atoms with Crippen molar-refractivity contribution in [1.29, 1.82) is 0 Å². The fourth-order valence-corrected chi connectivity index (χ4v) is 3.39. The molecule has 0 saturated carbocycles. The van der Waals surface area contributed by atoms with Crippen molar-refractivity contribution >= 4 is 39.8 Å². The maximum absolute atomic E-state index is 12.0. The number of cyclic esters (lactones) is 2. The summed E-state index contributed by atoms with van der Waals surface area (Å²) in [6.45, 7) is 3.00. The van der Waals surface area contributed by atoms with E-state index in [9.17, 15) is 9.59 Å². The third-order valence-corrected chi connectivity index (χ3v) is 4.83. The first-order valence-corrected chi connectivity index (χ1v) is 9.95. The van der Waals surface area contributed by atoms with Crippen LogP contribution in [0.4, 0.5) is 16.5 Å². The van der Waals surface area contributed by atoms with Gasteiger partial charge < -0.3 is 20.1 Å². The Morgan fingerprint density at radius 2 is 1.67 bits per heavy atom. The van der Waals surface area contributed by atoms with Crippen molar-refractivity contribution < 1.29 is 19.1 Å². The predicted octanol–water partition coefficient (Wildman–Crippen LogP) is 4.08. The van der Waals surface area contributed by atoms with Crippen molar-refractivity contribution in [2.45, 2.75) is 19.6 Å². The highest BCUT2D eigenvalue weighted by atomic mass is 32.1. The van der Waals surface area contributed by atoms with Crippen molar-refractivity contribution in [3.8, 4) is 11.4 Å². The van der Waals surface area contributed by atoms with E-state index in [1.165, 1.54) is 31.4 Å². The number of hydrogen-bond donors (Lipinski definition) is 2. The fraction of sp³-hybridized carbons (Fsp3) is 0.143. The predicted molar refractivity (Wildman–Crippen MR) is 113 cm³/mol. The molecular weight excluding hydrogens is 404 g/mol. The maximum Gasteiger partial charge on any atom is 0.350 e. The molecule has 0 radical (unpaired) electrons. The lowest BCUT2D eigenvalue weighted by atomic mass is 10.2. The van der Waals surface area contributed by atoms with Gasteiger partial charge in [0.1, 0.15) is 5.69 Å². The summed E-state index contributed by atoms with van der Waals surface area (Å²) in [6.07, 6.45) is 3.01. The van der Waals surface area contributed by atoms with Crippen LogP contribution >= 0.6 is 11.3 Å². The van der Waals surface area contributed by atoms with Crippen LogP contribution in [-0.2, 0) is 19.1 Å². The summed E-state index contributed by atoms with van der Waals surface area (Å²) in [6, 6.07) is 13.0. The van der Waals surface area contributed by atoms with Crippen LogP contribution in [0.15, 0.2) is 65.8 Å². The van der Waals surface area contributed by atoms with Gasteiger partial charge in [-0.25, -0.2) is 14.6 Å². The summed E-state index contributed by atoms with van der Waals surface area (Å²) in [7, 11) is 0. The van der Waals surface area contributed by atoms with Crippen LogP contribution in [0.25, 0.3) is 11.4 Å². The molecule has 8 nitrogen and oxygen atoms in total. The molecule has 2 aromatic heterocycles. The van der Waals surface area contributed by atoms with Crippen molar-refractivity contribution in [1.82, 2.24) is 9.97 Å². The first kappa shape index (κ1) is 19.6. The van der Waals surface area contributed by atoms with E-state index in [1.807, 2.05) is 35.7 Å². The monoisotopic (exact) mass is 422 g/mol. The molecule has 9 heteroatoms. The highest BCUT2D eigenvalue weighted by Crippen LogP contribution is 2.27. The van der Waals surface area contributed by atoms with E-state index >= 15 is 0 Å². The molecule has 2 N–H and O–H groups in total. The Bertz CT molecular complexity index is 1090. The molecule has 4 rings (SSSR count). The molecule has 0 bridgehead atoms. The third-order valence-electron chi connectivity index (χ3n) is 4.07. The van der Waals surface area contributed by atoms with Gasteiger partial charge >= 0.3 is 11.9 Å². The molecule has 1 saturated heterocycles. The van der Waals surface area contributed by atoms with E-state index < -0.39 is 17.7 Å². The van der Waals surface area contributed by atoms with Crippen LogP contribution in [0.1, 0.15) is 13.8 Å². The second-order valence-electron chi connectivity index (χ2n) is 6.84. The van der Waals surface area contributed by atoms with E-state index in [-0.39, 0.29) is 5.57 Å². The van der Waals surface area contributed by atoms with E-state index in [0.29, 0.717) is 5.69 Å². The highest BCUT2D eigenvalue weighted by molar-refractivity contribution is 7.14. The topological polar surface area (TPSA) is 102 Å². The molecule has 30 heavy (non-hydrogen) atoms. The molecule has 3 aromatic rings. The number of esters is 2. The number of thiazole rings is 1. The lowest BCUT2D eigenvalue weighted by Gasteiger charge is -2.29. The van der Waals surface area contributed by atoms with E-state index in [0.717, 1.165) is 22.2 Å². The molecule has 0 spiro atoms. The molecule has 152 valence electrons. The van der Waals surface area contributed by atoms with Crippen molar-refractivity contribution in [3.63, 3.8) is 0 Å². The molecule has 1 aliphatic rings. The summed E-state index contributed by atoms with van der Waals surface area (Å²) in [5, 5.41) is 8.83. The number of nitrogens with zero attached hydrogens (tertiary/aromatic N) is 2. The summed E-state index contributed by atoms with van der Waals surface area (Å²) >= 11 is 1.48. The van der Waals surface area contributed by atoms with Crippen molar-refractivity contribution in [3.05, 3.63) is 65.8 Å². The number of carbonyl (C=O) groups excluding carboxylic acids is 2. The fourth-order valence-electron chi connectivity index (χ4n) is 2.67. The number of ether oxygens (including phenoxy) is 2. The number of rotatable bonds is 5. The highest BCUT2D eigenvalue weighted by Gasteiger charge is 2.38. The van der Waals surface area contributed by atoms with E-state index in [2.05, 4.69) is 20.6 Å². The molecule has 1 aromatic carbocycles. The van der Waals surface area contributed by atoms with Crippen molar-refractivity contribution in [2.24, 2.45) is 0 Å². The van der Waals surface area contributed by atoms with E-state index in [4.69, 9.17) is 9.47 Å². The molecule has 0 aliphatic carbocycles. The lowest BCUT2D eigenvalue weighted by Crippen LogP contribution is -2.42. The van der Waals surface area contributed by atoms with Crippen LogP contribution < -0.4 is 10.6 Å². The summed E-state index contributed by atoms with van der Waals surface area (Å²) in [5.41, 5.74) is 2.96. The van der Waals surface area contributed by atoms with Crippen LogP contribution in [-0.4, -0.2) is 27.7 Å². The Kier molecular flexibility index (Phi) is 5.20. The number of pyridine rings is 1. The summed E-state index contributed by atoms with van der Waals surface area (Å²) in [4.78, 5) is 32.7. The van der Waals surface area contributed by atoms with Gasteiger partial charge in [-0.15, -0.1) is 11.3 Å². The number of nitrogens with one attached hydrogen (secondary N) is 2. The quantitative estimate of drug-likeness (QED) is 0.360. The Hall–Kier alpha value is -3.72. The van der Waals surface area contributed by atoms with Gasteiger partial charge in [0, 0.05) is 43.0 Å². The van der Waals surface area contributed by atoms with Gasteiger partial charge in [0.25, 0.3) is 5.79 Å². The molecular formula is C21H18N4O4S. The normalized spacial score (nSPS) is 15.2. The summed E-state index contributed by atoms with van der Waals surface area (Å²) < 4.78 is 10.1. The number of carbonyl (C=O) groups is 2. The molecule has 0 amide bonds. The number of hydrogen-bond acceptors (Lipinski definition) is 9. The number of anilines is 3. The average molecular weight is 422 g/mol. The second-order valence-corrected chi connectivity index (χ2v) is 7.69. The minimum atomic E-state index is -1.26. The smallest absolute Gasteiger partial charge is 0.350 e. The van der Waals surface area contributed by atoms with Gasteiger partial charge in [-0.05, 0) is 36.4 Å². The van der Waals surface area contributed by atoms with Crippen LogP contribution in [0, 0.1) is 0 Å². The van der Waals surface area contributed by atoms with Gasteiger partial charge in [-0.3, -0.25) is 4.98 Å². The Morgan fingerprint density at radius 1 is 0.967 bits per heavy atom. The molecule has 3 heterocycles. The molecule has 1 aliphatic heterocycles. The zero-order valence-electron chi connectivity index (χ0n) is 16.2. The number of aromatic nitrogens is 2. The minimum absolute atomic E-state index is 0.193. The van der Waals surface area contributed by atoms with Gasteiger partial charge in [0.05, 0.1) is 5.69 Å². The van der Waals surface area contributed by atoms with Crippen LogP contribution in [0.2, 0.25) is 0 Å². The molecule has 0 atom stereocenters. The van der Waals surface area contributed by atoms with Crippen LogP contribution in [0.3, 0.4) is 0 Å². The van der Waals surface area contributed by atoms with Crippen molar-refractivity contribution in [2.75, 3.05) is 10.6 Å². The maximum atomic E-state index is 12.0. The van der Waals surface area contributed by atoms with Gasteiger partial charge in [-0.1, -0.05) is 6.07 Å². The minimum Gasteiger partial charge on any atom is -0.419 e. The Labute approximate surface area is 176 Å². The molecule has 0 unspecified atom stereocenters. The zero-order chi connectivity index (χ0) is 21.1. The van der Waals surface area contributed by atoms with E-state index in [1.54, 1.807) is 18.3 Å². The molecule has 1 fully saturated rings. The SMILES string of the molecule is CC1(C)OC(=O)C(=CNc2ccc(Nc3nc(-c4ccccn4)cs3)cc2)C(=O)O1. The zero-order valence-corrected chi connectivity index (χ0v) is 17.0. The Morgan fingerprint density at radius 3 is 2.33 bits per heavy atom.